The molecule has 1 heterocycles. The zero-order chi connectivity index (χ0) is 18.1. The first kappa shape index (κ1) is 19.1. The van der Waals surface area contributed by atoms with Crippen molar-refractivity contribution in [2.24, 2.45) is 0 Å². The van der Waals surface area contributed by atoms with Crippen molar-refractivity contribution in [2.45, 2.75) is 20.0 Å². The molecule has 1 N–H and O–H groups in total. The van der Waals surface area contributed by atoms with Crippen LogP contribution in [0.1, 0.15) is 22.7 Å². The maximum atomic E-state index is 11.8. The van der Waals surface area contributed by atoms with Crippen molar-refractivity contribution in [3.63, 3.8) is 0 Å². The Bertz CT molecular complexity index is 710. The number of hydrogen-bond donors (Lipinski definition) is 1. The second-order valence-electron chi connectivity index (χ2n) is 6.00. The fourth-order valence-electron chi connectivity index (χ4n) is 2.18. The van der Waals surface area contributed by atoms with Gasteiger partial charge in [0, 0.05) is 18.0 Å². The first-order valence-electron chi connectivity index (χ1n) is 8.27. The molecule has 1 aromatic heterocycles. The van der Waals surface area contributed by atoms with Crippen LogP contribution in [0.4, 0.5) is 0 Å². The Morgan fingerprint density at radius 3 is 2.96 bits per heavy atom. The Morgan fingerprint density at radius 2 is 2.24 bits per heavy atom. The summed E-state index contributed by atoms with van der Waals surface area (Å²) < 4.78 is 5.76. The van der Waals surface area contributed by atoms with Crippen molar-refractivity contribution in [3.8, 4) is 5.75 Å². The molecule has 25 heavy (non-hydrogen) atoms. The number of nitrogens with one attached hydrogen (secondary N) is 1. The molecule has 6 heteroatoms. The van der Waals surface area contributed by atoms with Crippen molar-refractivity contribution in [1.82, 2.24) is 15.2 Å². The van der Waals surface area contributed by atoms with Crippen LogP contribution in [0.3, 0.4) is 0 Å². The number of benzene rings is 1. The Labute approximate surface area is 153 Å². The van der Waals surface area contributed by atoms with Gasteiger partial charge in [0.15, 0.2) is 0 Å². The van der Waals surface area contributed by atoms with Gasteiger partial charge in [-0.05, 0) is 57.8 Å². The molecule has 1 amide bonds. The lowest BCUT2D eigenvalue weighted by molar-refractivity contribution is -0.116. The lowest BCUT2D eigenvalue weighted by atomic mass is 10.2. The molecule has 0 aliphatic rings. The van der Waals surface area contributed by atoms with Crippen LogP contribution in [0.5, 0.6) is 5.75 Å². The fraction of sp³-hybridized carbons (Fsp3) is 0.368. The molecule has 0 aliphatic heterocycles. The summed E-state index contributed by atoms with van der Waals surface area (Å²) in [6, 6.07) is 7.67. The van der Waals surface area contributed by atoms with Gasteiger partial charge in [0.05, 0.1) is 10.7 Å². The molecule has 0 saturated heterocycles. The highest BCUT2D eigenvalue weighted by atomic mass is 32.1. The lowest BCUT2D eigenvalue weighted by Crippen LogP contribution is -2.25. The summed E-state index contributed by atoms with van der Waals surface area (Å²) in [5, 5.41) is 5.91. The summed E-state index contributed by atoms with van der Waals surface area (Å²) in [4.78, 5) is 18.3. The van der Waals surface area contributed by atoms with Gasteiger partial charge < -0.3 is 15.0 Å². The minimum atomic E-state index is -0.0805. The molecule has 1 aromatic carbocycles. The van der Waals surface area contributed by atoms with Crippen LogP contribution in [-0.4, -0.2) is 43.0 Å². The predicted molar refractivity (Wildman–Crippen MR) is 103 cm³/mol. The first-order valence-corrected chi connectivity index (χ1v) is 9.15. The van der Waals surface area contributed by atoms with Crippen molar-refractivity contribution < 1.29 is 9.53 Å². The van der Waals surface area contributed by atoms with E-state index in [0.29, 0.717) is 13.2 Å². The zero-order valence-corrected chi connectivity index (χ0v) is 15.8. The fourth-order valence-corrected chi connectivity index (χ4v) is 2.77. The average molecular weight is 359 g/mol. The third kappa shape index (κ3) is 7.49. The van der Waals surface area contributed by atoms with Gasteiger partial charge in [-0.2, -0.15) is 0 Å². The third-order valence-electron chi connectivity index (χ3n) is 3.42. The molecule has 0 saturated carbocycles. The van der Waals surface area contributed by atoms with Gasteiger partial charge in [-0.15, -0.1) is 11.3 Å². The summed E-state index contributed by atoms with van der Waals surface area (Å²) in [6.45, 7) is 4.06. The van der Waals surface area contributed by atoms with Gasteiger partial charge in [0.25, 0.3) is 0 Å². The molecule has 134 valence electrons. The maximum absolute atomic E-state index is 11.8. The van der Waals surface area contributed by atoms with Crippen LogP contribution in [0.2, 0.25) is 0 Å². The van der Waals surface area contributed by atoms with E-state index in [1.807, 2.05) is 50.7 Å². The van der Waals surface area contributed by atoms with Crippen LogP contribution in [-0.2, 0) is 11.4 Å². The van der Waals surface area contributed by atoms with Crippen LogP contribution >= 0.6 is 11.3 Å². The van der Waals surface area contributed by atoms with Gasteiger partial charge in [-0.1, -0.05) is 12.1 Å². The summed E-state index contributed by atoms with van der Waals surface area (Å²) in [7, 11) is 4.04. The molecule has 0 radical (unpaired) electrons. The Kier molecular flexibility index (Phi) is 7.63. The van der Waals surface area contributed by atoms with E-state index in [2.05, 4.69) is 15.2 Å². The molecule has 2 aromatic rings. The van der Waals surface area contributed by atoms with Gasteiger partial charge in [-0.25, -0.2) is 4.98 Å². The summed E-state index contributed by atoms with van der Waals surface area (Å²) in [5.74, 6) is 0.683. The molecule has 2 rings (SSSR count). The molecule has 0 atom stereocenters. The van der Waals surface area contributed by atoms with E-state index in [1.165, 1.54) is 0 Å². The van der Waals surface area contributed by atoms with Gasteiger partial charge in [-0.3, -0.25) is 4.79 Å². The smallest absolute Gasteiger partial charge is 0.243 e. The van der Waals surface area contributed by atoms with Gasteiger partial charge >= 0.3 is 0 Å². The third-order valence-corrected chi connectivity index (χ3v) is 4.24. The SMILES string of the molecule is Cc1nc(COc2cccc(/C=C/C(=O)NCCCN(C)C)c2)cs1. The summed E-state index contributed by atoms with van der Waals surface area (Å²) in [6.07, 6.45) is 4.28. The Morgan fingerprint density at radius 1 is 1.40 bits per heavy atom. The molecule has 0 aliphatic carbocycles. The number of carbonyl (C=O) groups excluding carboxylic acids is 1. The number of nitrogens with zero attached hydrogens (tertiary/aromatic N) is 2. The second-order valence-corrected chi connectivity index (χ2v) is 7.06. The van der Waals surface area contributed by atoms with Crippen LogP contribution < -0.4 is 10.1 Å². The van der Waals surface area contributed by atoms with E-state index in [9.17, 15) is 4.79 Å². The summed E-state index contributed by atoms with van der Waals surface area (Å²) >= 11 is 1.61. The van der Waals surface area contributed by atoms with Crippen molar-refractivity contribution in [3.05, 3.63) is 52.0 Å². The first-order chi connectivity index (χ1) is 12.0. The number of amides is 1. The zero-order valence-electron chi connectivity index (χ0n) is 15.0. The van der Waals surface area contributed by atoms with Gasteiger partial charge in [0.1, 0.15) is 12.4 Å². The quantitative estimate of drug-likeness (QED) is 0.552. The lowest BCUT2D eigenvalue weighted by Gasteiger charge is -2.08. The van der Waals surface area contributed by atoms with Crippen LogP contribution in [0, 0.1) is 6.92 Å². The molecular weight excluding hydrogens is 334 g/mol. The standard InChI is InChI=1S/C19H25N3O2S/c1-15-21-17(14-25-15)13-24-18-7-4-6-16(12-18)8-9-19(23)20-10-5-11-22(2)3/h4,6-9,12,14H,5,10-11,13H2,1-3H3,(H,20,23)/b9-8+. The van der Waals surface area contributed by atoms with Crippen LogP contribution in [0.25, 0.3) is 6.08 Å². The normalized spacial score (nSPS) is 11.2. The average Bonchev–Trinajstić information content (AvgIpc) is 3.01. The van der Waals surface area contributed by atoms with E-state index < -0.39 is 0 Å². The maximum Gasteiger partial charge on any atom is 0.243 e. The van der Waals surface area contributed by atoms with Crippen molar-refractivity contribution in [2.75, 3.05) is 27.2 Å². The number of thiazole rings is 1. The highest BCUT2D eigenvalue weighted by molar-refractivity contribution is 7.09. The number of hydrogen-bond acceptors (Lipinski definition) is 5. The topological polar surface area (TPSA) is 54.5 Å². The summed E-state index contributed by atoms with van der Waals surface area (Å²) in [5.41, 5.74) is 1.86. The van der Waals surface area contributed by atoms with Gasteiger partial charge in [0.2, 0.25) is 5.91 Å². The molecule has 0 bridgehead atoms. The minimum Gasteiger partial charge on any atom is -0.487 e. The predicted octanol–water partition coefficient (Wildman–Crippen LogP) is 3.11. The number of rotatable bonds is 9. The van der Waals surface area contributed by atoms with E-state index in [-0.39, 0.29) is 5.91 Å². The highest BCUT2D eigenvalue weighted by Gasteiger charge is 2.01. The number of aromatic nitrogens is 1. The molecular formula is C19H25N3O2S. The Balaban J connectivity index is 1.80. The second kappa shape index (κ2) is 9.96. The van der Waals surface area contributed by atoms with E-state index in [0.717, 1.165) is 35.0 Å². The molecule has 5 nitrogen and oxygen atoms in total. The Hall–Kier alpha value is -2.18. The van der Waals surface area contributed by atoms with E-state index in [4.69, 9.17) is 4.74 Å². The molecule has 0 spiro atoms. The monoisotopic (exact) mass is 359 g/mol. The van der Waals surface area contributed by atoms with E-state index in [1.54, 1.807) is 23.5 Å². The van der Waals surface area contributed by atoms with Crippen LogP contribution in [0.15, 0.2) is 35.7 Å². The largest absolute Gasteiger partial charge is 0.487 e. The number of aryl methyl sites for hydroxylation is 1. The molecule has 0 fully saturated rings. The highest BCUT2D eigenvalue weighted by Crippen LogP contribution is 2.17. The van der Waals surface area contributed by atoms with E-state index >= 15 is 0 Å². The number of carbonyl (C=O) groups is 1. The van der Waals surface area contributed by atoms with Crippen molar-refractivity contribution in [1.29, 1.82) is 0 Å². The minimum absolute atomic E-state index is 0.0805. The number of ether oxygens (including phenoxy) is 1. The van der Waals surface area contributed by atoms with Crippen molar-refractivity contribution >= 4 is 23.3 Å². The molecule has 0 unspecified atom stereocenters.